The number of anilines is 1. The first-order chi connectivity index (χ1) is 59.8. The summed E-state index contributed by atoms with van der Waals surface area (Å²) >= 11 is 0. The summed E-state index contributed by atoms with van der Waals surface area (Å²) in [5, 5.41) is 38.1. The van der Waals surface area contributed by atoms with Crippen LogP contribution in [0.25, 0.3) is 21.5 Å². The van der Waals surface area contributed by atoms with E-state index in [0.717, 1.165) is 92.6 Å². The van der Waals surface area contributed by atoms with Crippen molar-refractivity contribution in [2.24, 2.45) is 16.7 Å². The first-order valence-corrected chi connectivity index (χ1v) is 46.7. The Hall–Kier alpha value is -10.8. The lowest BCUT2D eigenvalue weighted by Crippen LogP contribution is -2.82. The third kappa shape index (κ3) is 18.0. The van der Waals surface area contributed by atoms with Gasteiger partial charge in [0.1, 0.15) is 36.5 Å². The summed E-state index contributed by atoms with van der Waals surface area (Å²) in [6.07, 6.45) is 2.03. The van der Waals surface area contributed by atoms with Crippen LogP contribution in [0.1, 0.15) is 196 Å². The SMILES string of the molecule is CC(=O)O[C@H]1C(=O)[C@@]2(C)[C@H]([C@H](OC(=O)c3ccccc3)[C@]3(O)C[C@H](OC(=O)[C@H](OC(=O)CCCCCNC4=C(/C=C/C5=[N+](CCCCS(=O)(=O)O)c6ccc7ccccc7c6C5(C)C)CCC/C4=C\C=C4\N(CCCCS(=O)(=O)O)c5ccc6ccccc6c5C4(C)C)[C@@H](NC(=O)c4ccccc4)c4ccccc4)C(C)=C1C3(C)C)[C@]1(OC(C)=O)CO[C@@H]1C[C@@H]2O. The molecule has 2 saturated carbocycles. The van der Waals surface area contributed by atoms with Crippen LogP contribution >= 0.6 is 0 Å². The number of esters is 5. The molecule has 0 unspecified atom stereocenters. The van der Waals surface area contributed by atoms with Gasteiger partial charge in [-0.3, -0.25) is 33.1 Å². The number of hydrogen-bond donors (Lipinski definition) is 6. The minimum atomic E-state index is -4.21. The van der Waals surface area contributed by atoms with E-state index in [-0.39, 0.29) is 72.5 Å². The Labute approximate surface area is 735 Å². The van der Waals surface area contributed by atoms with E-state index < -0.39 is 150 Å². The van der Waals surface area contributed by atoms with Crippen LogP contribution in [0, 0.1) is 16.7 Å². The van der Waals surface area contributed by atoms with E-state index in [1.54, 1.807) is 92.7 Å². The van der Waals surface area contributed by atoms with Crippen LogP contribution < -0.4 is 15.5 Å². The van der Waals surface area contributed by atoms with Crippen LogP contribution in [0.15, 0.2) is 222 Å². The number of fused-ring (bicyclic) bond motifs is 11. The van der Waals surface area contributed by atoms with Gasteiger partial charge in [-0.05, 0) is 176 Å². The first kappa shape index (κ1) is 91.4. The van der Waals surface area contributed by atoms with Gasteiger partial charge in [-0.1, -0.05) is 168 Å². The average molecular weight is 1760 g/mol. The van der Waals surface area contributed by atoms with Gasteiger partial charge in [-0.15, -0.1) is 0 Å². The Morgan fingerprint density at radius 1 is 0.667 bits per heavy atom. The Balaban J connectivity index is 0.791. The van der Waals surface area contributed by atoms with Crippen molar-refractivity contribution >= 4 is 100 Å². The highest BCUT2D eigenvalue weighted by molar-refractivity contribution is 7.86. The van der Waals surface area contributed by atoms with Crippen LogP contribution in [-0.4, -0.2) is 174 Å². The zero-order chi connectivity index (χ0) is 90.2. The van der Waals surface area contributed by atoms with Gasteiger partial charge in [-0.2, -0.15) is 21.4 Å². The van der Waals surface area contributed by atoms with Crippen molar-refractivity contribution in [3.8, 4) is 0 Å². The van der Waals surface area contributed by atoms with Crippen molar-refractivity contribution in [3.63, 3.8) is 0 Å². The van der Waals surface area contributed by atoms with E-state index in [0.29, 0.717) is 63.7 Å². The number of nitrogens with one attached hydrogen (secondary N) is 2. The molecule has 3 heterocycles. The maximum atomic E-state index is 16.2. The fourth-order valence-corrected chi connectivity index (χ4v) is 21.9. The fourth-order valence-electron chi connectivity index (χ4n) is 20.8. The van der Waals surface area contributed by atoms with Crippen LogP contribution in [0.2, 0.25) is 0 Å². The van der Waals surface area contributed by atoms with Gasteiger partial charge in [0, 0.05) is 104 Å². The molecule has 3 fully saturated rings. The number of carbonyl (C=O) groups is 7. The molecule has 666 valence electrons. The summed E-state index contributed by atoms with van der Waals surface area (Å²) in [7, 11) is -8.41. The second kappa shape index (κ2) is 36.5. The molecule has 11 atom stereocenters. The maximum Gasteiger partial charge on any atom is 0.350 e. The Morgan fingerprint density at radius 3 is 1.92 bits per heavy atom. The number of nitrogens with zero attached hydrogens (tertiary/aromatic N) is 2. The van der Waals surface area contributed by atoms with E-state index in [9.17, 15) is 55.3 Å². The second-order valence-electron chi connectivity index (χ2n) is 36.2. The van der Waals surface area contributed by atoms with E-state index in [4.69, 9.17) is 28.4 Å². The molecule has 25 nitrogen and oxygen atoms in total. The standard InChI is InChI=1S/C99H112N4O21S2/c1-61-75(59-99(112)90(123-92(110)70-38-19-13-20-39-70)88-97(10,78(106)58-79-98(88,60-119-79)124-63(3)105)89(108)86(120-62(2)104)81(61)96(99,8)9)121-93(111)87(85(66-34-15-11-16-35-66)101-91(109)69-36-17-12-18-37-69)122-80(107)44-21-14-26-53-100-84-67(47-51-76-94(4,5)82-71-42-24-22-32-64(71)45-49-73(82)102(76)54-27-29-56-125(113,114)115)40-31-41-68(84)48-52-77-95(6,7)83-72-43-25-23-33-65(72)46-50-74(83)103(77)55-28-30-57-126(116,117)118/h11-13,15-20,22-25,32-39,42-43,45-52,75,78-79,85-88,90,106,112H,14,21,26-31,40-41,44,53-60H2,1-10H3,(H3,101,109,113,114,115,116,117,118)/p+1/b67-47+,76-51+/t75-,78-,79+,85-,86+,87+,88-,90-,97+,98-,99+/m0/s1. The third-order valence-corrected chi connectivity index (χ3v) is 28.7. The van der Waals surface area contributed by atoms with Crippen molar-refractivity contribution in [2.75, 3.05) is 42.6 Å². The summed E-state index contributed by atoms with van der Waals surface area (Å²) in [6, 6.07) is 47.8. The summed E-state index contributed by atoms with van der Waals surface area (Å²) in [4.78, 5) is 106. The van der Waals surface area contributed by atoms with Crippen molar-refractivity contribution in [2.45, 2.75) is 217 Å². The number of carbonyl (C=O) groups excluding carboxylic acids is 7. The van der Waals surface area contributed by atoms with Crippen LogP contribution in [0.5, 0.6) is 0 Å². The fraction of sp³-hybridized carbons (Fsp3) is 0.434. The van der Waals surface area contributed by atoms with Gasteiger partial charge in [0.2, 0.25) is 11.8 Å². The molecule has 7 aromatic carbocycles. The van der Waals surface area contributed by atoms with E-state index >= 15 is 14.4 Å². The third-order valence-electron chi connectivity index (χ3n) is 27.1. The lowest BCUT2D eigenvalue weighted by atomic mass is 9.44. The Kier molecular flexibility index (Phi) is 26.5. The molecular formula is C99H113N4O21S2+. The van der Waals surface area contributed by atoms with Crippen molar-refractivity contribution < 1.29 is 103 Å². The van der Waals surface area contributed by atoms with Crippen molar-refractivity contribution in [1.82, 2.24) is 10.6 Å². The first-order valence-electron chi connectivity index (χ1n) is 43.5. The number of allylic oxidation sites excluding steroid dienone is 7. The van der Waals surface area contributed by atoms with Crippen molar-refractivity contribution in [3.05, 3.63) is 250 Å². The molecule has 1 saturated heterocycles. The van der Waals surface area contributed by atoms with E-state index in [1.807, 2.05) is 24.3 Å². The summed E-state index contributed by atoms with van der Waals surface area (Å²) in [5.41, 5.74) is 0.325. The summed E-state index contributed by atoms with van der Waals surface area (Å²) in [5.74, 6) is -8.81. The average Bonchev–Trinajstić information content (AvgIpc) is 0.840. The van der Waals surface area contributed by atoms with Crippen LogP contribution in [0.3, 0.4) is 0 Å². The number of aliphatic hydroxyl groups is 2. The molecular weight excluding hydrogens is 1650 g/mol. The lowest BCUT2D eigenvalue weighted by molar-refractivity contribution is -0.438. The molecule has 0 spiro atoms. The molecule has 126 heavy (non-hydrogen) atoms. The minimum Gasteiger partial charge on any atom is -0.455 e. The highest BCUT2D eigenvalue weighted by atomic mass is 32.2. The van der Waals surface area contributed by atoms with Crippen LogP contribution in [-0.2, 0) is 83.5 Å². The second-order valence-corrected chi connectivity index (χ2v) is 39.3. The Morgan fingerprint density at radius 2 is 1.29 bits per heavy atom. The number of unbranched alkanes of at least 4 members (excludes halogenated alkanes) is 4. The number of amides is 1. The van der Waals surface area contributed by atoms with Crippen LogP contribution in [0.4, 0.5) is 11.4 Å². The van der Waals surface area contributed by atoms with Gasteiger partial charge in [0.25, 0.3) is 26.1 Å². The zero-order valence-electron chi connectivity index (χ0n) is 72.9. The highest BCUT2D eigenvalue weighted by Crippen LogP contribution is 2.65. The number of ketones is 1. The maximum absolute atomic E-state index is 16.2. The summed E-state index contributed by atoms with van der Waals surface area (Å²) in [6.45, 7) is 18.0. The molecule has 7 aromatic rings. The van der Waals surface area contributed by atoms with E-state index in [1.165, 1.54) is 26.0 Å². The molecule has 4 aliphatic carbocycles. The van der Waals surface area contributed by atoms with Gasteiger partial charge in [0.05, 0.1) is 46.5 Å². The van der Waals surface area contributed by atoms with Gasteiger partial charge < -0.3 is 54.2 Å². The minimum absolute atomic E-state index is 0.0207. The molecule has 6 N–H and O–H groups in total. The molecule has 2 bridgehead atoms. The Bertz CT molecular complexity index is 5860. The molecule has 0 radical (unpaired) electrons. The molecule has 7 aliphatic rings. The summed E-state index contributed by atoms with van der Waals surface area (Å²) < 4.78 is 108. The van der Waals surface area contributed by atoms with E-state index in [2.05, 4.69) is 121 Å². The molecule has 3 aliphatic heterocycles. The predicted octanol–water partition coefficient (Wildman–Crippen LogP) is 14.8. The van der Waals surface area contributed by atoms with Gasteiger partial charge in [0.15, 0.2) is 23.2 Å². The van der Waals surface area contributed by atoms with Crippen molar-refractivity contribution in [1.29, 1.82) is 0 Å². The topological polar surface area (TPSA) is 354 Å². The van der Waals surface area contributed by atoms with Gasteiger partial charge in [-0.25, -0.2) is 9.59 Å². The monoisotopic (exact) mass is 1760 g/mol. The normalized spacial score (nSPS) is 25.2. The number of aliphatic hydroxyl groups excluding tert-OH is 1. The number of ether oxygens (including phenoxy) is 6. The predicted molar refractivity (Wildman–Crippen MR) is 477 cm³/mol. The smallest absolute Gasteiger partial charge is 0.350 e. The zero-order valence-corrected chi connectivity index (χ0v) is 74.5. The number of Topliss-reactive ketones (excluding diaryl/α,β-unsaturated/α-hetero) is 1. The largest absolute Gasteiger partial charge is 0.455 e. The number of benzene rings is 7. The number of rotatable bonds is 31. The quantitative estimate of drug-likeness (QED) is 0.00587. The molecule has 14 rings (SSSR count). The lowest BCUT2D eigenvalue weighted by Gasteiger charge is -2.67. The molecule has 1 amide bonds. The molecule has 27 heteroatoms. The highest BCUT2D eigenvalue weighted by Gasteiger charge is 2.78. The molecule has 0 aromatic heterocycles. The number of hydrogen-bond acceptors (Lipinski definition) is 21. The van der Waals surface area contributed by atoms with Gasteiger partial charge >= 0.3 is 29.8 Å².